The van der Waals surface area contributed by atoms with Crippen LogP contribution >= 0.6 is 0 Å². The minimum atomic E-state index is -0.776. The van der Waals surface area contributed by atoms with Crippen molar-refractivity contribution in [3.8, 4) is 0 Å². The molecular formula is C27H41NO7. The average Bonchev–Trinajstić information content (AvgIpc) is 3.41. The van der Waals surface area contributed by atoms with Gasteiger partial charge in [0.15, 0.2) is 5.60 Å². The number of hydrogen-bond donors (Lipinski definition) is 0. The first-order chi connectivity index (χ1) is 16.8. The molecule has 13 atom stereocenters. The average molecular weight is 492 g/mol. The minimum absolute atomic E-state index is 0.00174. The number of carbonyl (C=O) groups is 1. The molecule has 0 radical (unpaired) electrons. The van der Waals surface area contributed by atoms with Crippen molar-refractivity contribution in [3.63, 3.8) is 0 Å². The summed E-state index contributed by atoms with van der Waals surface area (Å²) in [5.41, 5.74) is -1.61. The van der Waals surface area contributed by atoms with E-state index in [0.717, 1.165) is 38.8 Å². The standard InChI is InChI=1S/C27H41NO7/c1-7-28-12-24(3)9-8-18(31-5)26-16-10-15-17(30-4)11-25(19(16)20(15)32-6)27(23(26)28,34-13-33-25)22(21(24)26)35-14(2)29/h15-23H,7-13H2,1-6H3/t15-,16-,17+,18-,19-,20+,21-,22+,23+,24+,25-,26+,27-/m1/s1. The summed E-state index contributed by atoms with van der Waals surface area (Å²) in [4.78, 5) is 15.4. The number of likely N-dealkylation sites (N-methyl/N-ethyl adjacent to an activating group) is 1. The van der Waals surface area contributed by atoms with Gasteiger partial charge in [-0.05, 0) is 37.1 Å². The molecule has 2 aliphatic heterocycles. The second kappa shape index (κ2) is 7.20. The van der Waals surface area contributed by atoms with Crippen LogP contribution in [-0.2, 0) is 33.2 Å². The number of fused-ring (bicyclic) bond motifs is 1. The predicted octanol–water partition coefficient (Wildman–Crippen LogP) is 2.24. The Bertz CT molecular complexity index is 931. The second-order valence-electron chi connectivity index (χ2n) is 12.7. The summed E-state index contributed by atoms with van der Waals surface area (Å²) in [5, 5.41) is 0. The summed E-state index contributed by atoms with van der Waals surface area (Å²) < 4.78 is 39.2. The van der Waals surface area contributed by atoms with E-state index in [-0.39, 0.29) is 65.9 Å². The second-order valence-corrected chi connectivity index (χ2v) is 12.7. The van der Waals surface area contributed by atoms with E-state index in [1.807, 2.05) is 21.3 Å². The van der Waals surface area contributed by atoms with Crippen LogP contribution in [-0.4, -0.2) is 93.7 Å². The Morgan fingerprint density at radius 1 is 1.14 bits per heavy atom. The molecule has 5 saturated carbocycles. The van der Waals surface area contributed by atoms with E-state index in [2.05, 4.69) is 18.7 Å². The highest BCUT2D eigenvalue weighted by Crippen LogP contribution is 2.82. The maximum absolute atomic E-state index is 12.8. The Morgan fingerprint density at radius 3 is 2.60 bits per heavy atom. The molecule has 5 aliphatic carbocycles. The fourth-order valence-electron chi connectivity index (χ4n) is 11.7. The molecule has 196 valence electrons. The van der Waals surface area contributed by atoms with Gasteiger partial charge in [-0.25, -0.2) is 0 Å². The normalized spacial score (nSPS) is 59.4. The zero-order valence-electron chi connectivity index (χ0n) is 22.0. The smallest absolute Gasteiger partial charge is 0.303 e. The fraction of sp³-hybridized carbons (Fsp3) is 0.963. The third-order valence-corrected chi connectivity index (χ3v) is 12.1. The molecule has 8 nitrogen and oxygen atoms in total. The summed E-state index contributed by atoms with van der Waals surface area (Å²) in [6, 6.07) is 0.0586. The highest BCUT2D eigenvalue weighted by Gasteiger charge is 2.94. The number of hydrogen-bond acceptors (Lipinski definition) is 8. The number of ether oxygens (including phenoxy) is 6. The predicted molar refractivity (Wildman–Crippen MR) is 124 cm³/mol. The van der Waals surface area contributed by atoms with Gasteiger partial charge in [0, 0.05) is 64.4 Å². The molecule has 0 aromatic rings. The zero-order valence-corrected chi connectivity index (χ0v) is 22.0. The molecule has 0 aromatic heterocycles. The molecule has 7 fully saturated rings. The molecule has 3 spiro atoms. The van der Waals surface area contributed by atoms with E-state index >= 15 is 0 Å². The van der Waals surface area contributed by atoms with Crippen molar-refractivity contribution in [3.05, 3.63) is 0 Å². The Labute approximate surface area is 208 Å². The van der Waals surface area contributed by atoms with E-state index in [1.165, 1.54) is 0 Å². The van der Waals surface area contributed by atoms with Gasteiger partial charge in [-0.15, -0.1) is 0 Å². The van der Waals surface area contributed by atoms with Gasteiger partial charge < -0.3 is 28.4 Å². The summed E-state index contributed by atoms with van der Waals surface area (Å²) in [6.45, 7) is 8.34. The lowest BCUT2D eigenvalue weighted by atomic mass is 9.43. The highest BCUT2D eigenvalue weighted by atomic mass is 16.7. The van der Waals surface area contributed by atoms with Crippen LogP contribution in [0, 0.1) is 34.5 Å². The first kappa shape index (κ1) is 23.4. The molecule has 7 aliphatic rings. The van der Waals surface area contributed by atoms with E-state index < -0.39 is 11.2 Å². The topological polar surface area (TPSA) is 75.7 Å². The first-order valence-corrected chi connectivity index (χ1v) is 13.6. The van der Waals surface area contributed by atoms with Crippen LogP contribution in [0.3, 0.4) is 0 Å². The monoisotopic (exact) mass is 491 g/mol. The Hall–Kier alpha value is -0.770. The van der Waals surface area contributed by atoms with Gasteiger partial charge in [0.2, 0.25) is 0 Å². The maximum atomic E-state index is 12.8. The van der Waals surface area contributed by atoms with Crippen LogP contribution in [0.2, 0.25) is 0 Å². The zero-order chi connectivity index (χ0) is 24.5. The SMILES string of the molecule is CCN1C[C@]2(C)CC[C@@H](OC)[C@@]34[C@@H]5C[C@H]6[C@H](OC)[C@@H]5[C@@]5(C[C@@H]6OC)OCO[C@]5([C@@H](OC(C)=O)[C@H]23)[C@@H]14. The van der Waals surface area contributed by atoms with Gasteiger partial charge in [0.05, 0.1) is 24.4 Å². The van der Waals surface area contributed by atoms with Gasteiger partial charge in [0.1, 0.15) is 18.5 Å². The number of carbonyl (C=O) groups excluding carboxylic acids is 1. The van der Waals surface area contributed by atoms with Gasteiger partial charge in [0.25, 0.3) is 0 Å². The van der Waals surface area contributed by atoms with Gasteiger partial charge in [-0.3, -0.25) is 9.69 Å². The van der Waals surface area contributed by atoms with E-state index in [4.69, 9.17) is 28.4 Å². The largest absolute Gasteiger partial charge is 0.459 e. The summed E-state index contributed by atoms with van der Waals surface area (Å²) >= 11 is 0. The van der Waals surface area contributed by atoms with Crippen molar-refractivity contribution < 1.29 is 33.2 Å². The molecule has 0 N–H and O–H groups in total. The Balaban J connectivity index is 1.57. The molecule has 2 heterocycles. The number of methoxy groups -OCH3 is 3. The summed E-state index contributed by atoms with van der Waals surface area (Å²) in [7, 11) is 5.52. The first-order valence-electron chi connectivity index (χ1n) is 13.6. The Morgan fingerprint density at radius 2 is 1.94 bits per heavy atom. The van der Waals surface area contributed by atoms with Crippen molar-refractivity contribution in [2.75, 3.05) is 41.2 Å². The molecule has 0 unspecified atom stereocenters. The van der Waals surface area contributed by atoms with E-state index in [9.17, 15) is 4.79 Å². The van der Waals surface area contributed by atoms with Crippen LogP contribution in [0.25, 0.3) is 0 Å². The van der Waals surface area contributed by atoms with Crippen LogP contribution in [0.1, 0.15) is 46.5 Å². The quantitative estimate of drug-likeness (QED) is 0.542. The molecule has 2 saturated heterocycles. The molecule has 8 heteroatoms. The third kappa shape index (κ3) is 2.24. The van der Waals surface area contributed by atoms with E-state index in [1.54, 1.807) is 6.92 Å². The van der Waals surface area contributed by atoms with Crippen molar-refractivity contribution >= 4 is 5.97 Å². The molecule has 7 rings (SSSR count). The highest BCUT2D eigenvalue weighted by molar-refractivity contribution is 5.67. The van der Waals surface area contributed by atoms with Crippen LogP contribution in [0.15, 0.2) is 0 Å². The molecule has 0 amide bonds. The number of esters is 1. The minimum Gasteiger partial charge on any atom is -0.459 e. The van der Waals surface area contributed by atoms with Crippen molar-refractivity contribution in [1.29, 1.82) is 0 Å². The maximum Gasteiger partial charge on any atom is 0.303 e. The lowest BCUT2D eigenvalue weighted by molar-refractivity contribution is -0.282. The van der Waals surface area contributed by atoms with Crippen LogP contribution < -0.4 is 0 Å². The van der Waals surface area contributed by atoms with Crippen molar-refractivity contribution in [2.24, 2.45) is 34.5 Å². The summed E-state index contributed by atoms with van der Waals surface area (Å²) in [6.07, 6.45) is 3.57. The fourth-order valence-corrected chi connectivity index (χ4v) is 11.7. The van der Waals surface area contributed by atoms with Gasteiger partial charge >= 0.3 is 5.97 Å². The van der Waals surface area contributed by atoms with Crippen LogP contribution in [0.4, 0.5) is 0 Å². The van der Waals surface area contributed by atoms with Crippen molar-refractivity contribution in [2.45, 2.75) is 88.1 Å². The number of likely N-dealkylation sites (tertiary alicyclic amines) is 1. The lowest BCUT2D eigenvalue weighted by Crippen LogP contribution is -2.81. The number of nitrogens with zero attached hydrogens (tertiary/aromatic N) is 1. The lowest BCUT2D eigenvalue weighted by Gasteiger charge is -2.69. The van der Waals surface area contributed by atoms with Gasteiger partial charge in [-0.2, -0.15) is 0 Å². The number of piperidine rings is 1. The molecule has 35 heavy (non-hydrogen) atoms. The van der Waals surface area contributed by atoms with Gasteiger partial charge in [-0.1, -0.05) is 13.8 Å². The summed E-state index contributed by atoms with van der Waals surface area (Å²) in [5.74, 6) is 0.698. The molecule has 7 bridgehead atoms. The molecular weight excluding hydrogens is 450 g/mol. The third-order valence-electron chi connectivity index (χ3n) is 12.1. The number of rotatable bonds is 5. The van der Waals surface area contributed by atoms with Crippen LogP contribution in [0.5, 0.6) is 0 Å². The van der Waals surface area contributed by atoms with Crippen molar-refractivity contribution in [1.82, 2.24) is 4.90 Å². The van der Waals surface area contributed by atoms with E-state index in [0.29, 0.717) is 11.8 Å². The molecule has 0 aromatic carbocycles. The Kier molecular flexibility index (Phi) is 4.81.